The molecular weight excluding hydrogens is 442 g/mol. The quantitative estimate of drug-likeness (QED) is 0.251. The average molecular weight is 464 g/mol. The minimum absolute atomic E-state index is 0.170. The van der Waals surface area contributed by atoms with Crippen molar-refractivity contribution < 1.29 is 4.73 Å². The maximum absolute atomic E-state index is 13.4. The van der Waals surface area contributed by atoms with Gasteiger partial charge in [0.2, 0.25) is 5.69 Å². The number of hydrogen-bond acceptors (Lipinski definition) is 3. The van der Waals surface area contributed by atoms with Crippen LogP contribution in [0.5, 0.6) is 0 Å². The van der Waals surface area contributed by atoms with Crippen LogP contribution in [-0.2, 0) is 12.8 Å². The predicted octanol–water partition coefficient (Wildman–Crippen LogP) is 6.48. The topological polar surface area (TPSA) is 63.1 Å². The van der Waals surface area contributed by atoms with Crippen LogP contribution in [0.4, 0.5) is 5.69 Å². The summed E-state index contributed by atoms with van der Waals surface area (Å²) in [7, 11) is 0. The van der Waals surface area contributed by atoms with Crippen LogP contribution >= 0.6 is 11.6 Å². The Morgan fingerprint density at radius 1 is 1.06 bits per heavy atom. The van der Waals surface area contributed by atoms with E-state index in [1.165, 1.54) is 17.3 Å². The van der Waals surface area contributed by atoms with Gasteiger partial charge in [-0.3, -0.25) is 4.99 Å². The Labute approximate surface area is 204 Å². The molecule has 0 N–H and O–H groups in total. The Balaban J connectivity index is 1.57. The van der Waals surface area contributed by atoms with Gasteiger partial charge in [-0.25, -0.2) is 0 Å². The number of hydrogen-bond donors (Lipinski definition) is 0. The Kier molecular flexibility index (Phi) is 5.88. The number of halogens is 1. The molecule has 1 aliphatic rings. The molecule has 0 unspecified atom stereocenters. The van der Waals surface area contributed by atoms with E-state index in [2.05, 4.69) is 43.3 Å². The van der Waals surface area contributed by atoms with Crippen LogP contribution in [-0.4, -0.2) is 5.71 Å². The monoisotopic (exact) mass is 463 g/mol. The fraction of sp³-hybridized carbons (Fsp3) is 0.138. The predicted molar refractivity (Wildman–Crippen MR) is 135 cm³/mol. The SMILES string of the molecule is Cc1ccc2c(c1)N=C([C@H](Cc1ccccc1)c1ccc(-c3cc(Cl)ccc3C#N)c[n+]1[O-])C2. The Morgan fingerprint density at radius 3 is 2.65 bits per heavy atom. The first-order valence-corrected chi connectivity index (χ1v) is 11.5. The smallest absolute Gasteiger partial charge is 0.201 e. The van der Waals surface area contributed by atoms with Crippen LogP contribution in [0.25, 0.3) is 11.1 Å². The lowest BCUT2D eigenvalue weighted by Crippen LogP contribution is -2.36. The molecule has 166 valence electrons. The number of benzene rings is 3. The number of rotatable bonds is 5. The Hall–Kier alpha value is -3.94. The molecule has 2 heterocycles. The summed E-state index contributed by atoms with van der Waals surface area (Å²) in [6.07, 6.45) is 2.93. The van der Waals surface area contributed by atoms with Gasteiger partial charge in [-0.05, 0) is 60.4 Å². The van der Waals surface area contributed by atoms with Crippen LogP contribution in [0.2, 0.25) is 5.02 Å². The van der Waals surface area contributed by atoms with Gasteiger partial charge in [-0.1, -0.05) is 54.1 Å². The molecule has 5 heteroatoms. The van der Waals surface area contributed by atoms with E-state index in [0.29, 0.717) is 33.8 Å². The molecule has 3 aromatic carbocycles. The van der Waals surface area contributed by atoms with E-state index in [9.17, 15) is 10.5 Å². The summed E-state index contributed by atoms with van der Waals surface area (Å²) in [4.78, 5) is 4.95. The second-order valence-electron chi connectivity index (χ2n) is 8.62. The van der Waals surface area contributed by atoms with Gasteiger partial charge in [0.25, 0.3) is 0 Å². The van der Waals surface area contributed by atoms with Crippen molar-refractivity contribution in [1.82, 2.24) is 0 Å². The van der Waals surface area contributed by atoms with Crippen LogP contribution in [0, 0.1) is 23.5 Å². The molecule has 4 nitrogen and oxygen atoms in total. The van der Waals surface area contributed by atoms with Crippen molar-refractivity contribution in [2.45, 2.75) is 25.7 Å². The molecule has 0 radical (unpaired) electrons. The van der Waals surface area contributed by atoms with Gasteiger partial charge in [0.05, 0.1) is 23.2 Å². The van der Waals surface area contributed by atoms with E-state index in [4.69, 9.17) is 16.6 Å². The number of aromatic nitrogens is 1. The van der Waals surface area contributed by atoms with Gasteiger partial charge in [0.15, 0.2) is 6.20 Å². The number of aryl methyl sites for hydroxylation is 1. The highest BCUT2D eigenvalue weighted by Gasteiger charge is 2.30. The number of aliphatic imine (C=N–C) groups is 1. The van der Waals surface area contributed by atoms with Crippen molar-refractivity contribution in [3.63, 3.8) is 0 Å². The highest BCUT2D eigenvalue weighted by Crippen LogP contribution is 2.34. The first-order valence-electron chi connectivity index (χ1n) is 11.2. The van der Waals surface area contributed by atoms with Gasteiger partial charge in [-0.2, -0.15) is 9.99 Å². The summed E-state index contributed by atoms with van der Waals surface area (Å²) < 4.78 is 0.918. The first-order chi connectivity index (χ1) is 16.5. The zero-order valence-electron chi connectivity index (χ0n) is 18.7. The van der Waals surface area contributed by atoms with E-state index >= 15 is 0 Å². The van der Waals surface area contributed by atoms with Crippen molar-refractivity contribution in [3.05, 3.63) is 123 Å². The molecule has 34 heavy (non-hydrogen) atoms. The Bertz CT molecular complexity index is 1450. The van der Waals surface area contributed by atoms with E-state index in [-0.39, 0.29) is 5.92 Å². The molecule has 1 atom stereocenters. The number of nitrogens with zero attached hydrogens (tertiary/aromatic N) is 3. The second-order valence-corrected chi connectivity index (χ2v) is 9.06. The normalized spacial score (nSPS) is 13.1. The number of pyridine rings is 1. The third-order valence-electron chi connectivity index (χ3n) is 6.28. The molecule has 0 saturated heterocycles. The minimum Gasteiger partial charge on any atom is -0.618 e. The first kappa shape index (κ1) is 21.9. The molecule has 0 spiro atoms. The van der Waals surface area contributed by atoms with Crippen molar-refractivity contribution >= 4 is 23.0 Å². The van der Waals surface area contributed by atoms with Gasteiger partial charge in [0, 0.05) is 34.3 Å². The summed E-state index contributed by atoms with van der Waals surface area (Å²) in [5.74, 6) is -0.170. The number of fused-ring (bicyclic) bond motifs is 1. The summed E-state index contributed by atoms with van der Waals surface area (Å²) in [5, 5.41) is 23.4. The standard InChI is InChI=1S/C29H22ClN3O/c1-19-7-8-21-15-28(32-27(21)13-19)26(14-20-5-3-2-4-6-20)29-12-10-23(18-33(29)34)25-16-24(30)11-9-22(25)17-31/h2-13,16,18,26H,14-15H2,1H3/t26-/m0/s1. The largest absolute Gasteiger partial charge is 0.618 e. The molecule has 4 aromatic rings. The summed E-state index contributed by atoms with van der Waals surface area (Å²) in [6.45, 7) is 2.06. The van der Waals surface area contributed by atoms with Crippen LogP contribution in [0.1, 0.15) is 33.9 Å². The molecule has 0 amide bonds. The molecule has 1 aliphatic heterocycles. The highest BCUT2D eigenvalue weighted by molar-refractivity contribution is 6.30. The van der Waals surface area contributed by atoms with Gasteiger partial charge in [-0.15, -0.1) is 0 Å². The van der Waals surface area contributed by atoms with Gasteiger partial charge >= 0.3 is 0 Å². The fourth-order valence-electron chi connectivity index (χ4n) is 4.54. The van der Waals surface area contributed by atoms with E-state index < -0.39 is 0 Å². The van der Waals surface area contributed by atoms with Crippen molar-refractivity contribution in [2.24, 2.45) is 4.99 Å². The van der Waals surface area contributed by atoms with Gasteiger partial charge < -0.3 is 5.21 Å². The van der Waals surface area contributed by atoms with E-state index in [1.54, 1.807) is 18.2 Å². The third kappa shape index (κ3) is 4.31. The van der Waals surface area contributed by atoms with Crippen molar-refractivity contribution in [1.29, 1.82) is 5.26 Å². The van der Waals surface area contributed by atoms with Gasteiger partial charge in [0.1, 0.15) is 0 Å². The van der Waals surface area contributed by atoms with E-state index in [1.807, 2.05) is 30.3 Å². The lowest BCUT2D eigenvalue weighted by molar-refractivity contribution is -0.614. The maximum Gasteiger partial charge on any atom is 0.201 e. The average Bonchev–Trinajstić information content (AvgIpc) is 3.26. The molecule has 0 bridgehead atoms. The molecule has 1 aromatic heterocycles. The molecule has 0 fully saturated rings. The van der Waals surface area contributed by atoms with E-state index in [0.717, 1.165) is 28.1 Å². The summed E-state index contributed by atoms with van der Waals surface area (Å²) in [5.41, 5.74) is 7.89. The summed E-state index contributed by atoms with van der Waals surface area (Å²) in [6, 6.07) is 27.5. The lowest BCUT2D eigenvalue weighted by atomic mass is 9.88. The zero-order valence-corrected chi connectivity index (χ0v) is 19.5. The molecule has 0 saturated carbocycles. The highest BCUT2D eigenvalue weighted by atomic mass is 35.5. The second kappa shape index (κ2) is 9.13. The summed E-state index contributed by atoms with van der Waals surface area (Å²) >= 11 is 6.17. The van der Waals surface area contributed by atoms with Crippen LogP contribution in [0.15, 0.2) is 90.1 Å². The molecule has 5 rings (SSSR count). The number of nitriles is 1. The van der Waals surface area contributed by atoms with Crippen LogP contribution < -0.4 is 4.73 Å². The Morgan fingerprint density at radius 2 is 1.88 bits per heavy atom. The zero-order chi connectivity index (χ0) is 23.7. The van der Waals surface area contributed by atoms with Crippen molar-refractivity contribution in [3.8, 4) is 17.2 Å². The maximum atomic E-state index is 13.4. The van der Waals surface area contributed by atoms with Crippen molar-refractivity contribution in [2.75, 3.05) is 0 Å². The van der Waals surface area contributed by atoms with Crippen LogP contribution in [0.3, 0.4) is 0 Å². The minimum atomic E-state index is -0.170. The fourth-order valence-corrected chi connectivity index (χ4v) is 4.71. The molecule has 0 aliphatic carbocycles. The molecular formula is C29H22ClN3O. The third-order valence-corrected chi connectivity index (χ3v) is 6.51. The lowest BCUT2D eigenvalue weighted by Gasteiger charge is -2.18.